The molecule has 0 aliphatic carbocycles. The topological polar surface area (TPSA) is 77.2 Å². The molecule has 6 nitrogen and oxygen atoms in total. The molecule has 1 atom stereocenters. The maximum Gasteiger partial charge on any atom is 0.251 e. The molecular weight excluding hydrogens is 352 g/mol. The molecule has 0 saturated heterocycles. The number of hydrogen-bond acceptors (Lipinski definition) is 3. The van der Waals surface area contributed by atoms with Gasteiger partial charge in [0.1, 0.15) is 6.04 Å². The molecule has 0 saturated carbocycles. The van der Waals surface area contributed by atoms with E-state index in [9.17, 15) is 9.59 Å². The first-order valence-electron chi connectivity index (χ1n) is 9.40. The third-order valence-electron chi connectivity index (χ3n) is 4.77. The fourth-order valence-electron chi connectivity index (χ4n) is 3.19. The van der Waals surface area contributed by atoms with Crippen molar-refractivity contribution >= 4 is 28.4 Å². The number of nitrogens with zero attached hydrogens (tertiary/aromatic N) is 1. The maximum absolute atomic E-state index is 12.6. The van der Waals surface area contributed by atoms with E-state index < -0.39 is 6.04 Å². The summed E-state index contributed by atoms with van der Waals surface area (Å²) in [5.41, 5.74) is 3.59. The predicted molar refractivity (Wildman–Crippen MR) is 112 cm³/mol. The van der Waals surface area contributed by atoms with Crippen molar-refractivity contribution in [1.29, 1.82) is 0 Å². The van der Waals surface area contributed by atoms with Crippen LogP contribution in [-0.2, 0) is 11.3 Å². The van der Waals surface area contributed by atoms with Gasteiger partial charge in [-0.2, -0.15) is 0 Å². The van der Waals surface area contributed by atoms with E-state index in [0.29, 0.717) is 18.5 Å². The fraction of sp³-hybridized carbons (Fsp3) is 0.273. The lowest BCUT2D eigenvalue weighted by atomic mass is 10.1. The second kappa shape index (κ2) is 8.61. The standard InChI is InChI=1S/C22H26N4O2/c1-4-18(22(28)24-14-17-7-5-6-8-20(17)26(2)3)25-21(27)16-9-10-19-15(13-16)11-12-23-19/h5-13,18,23H,4,14H2,1-3H3,(H,24,28)(H,25,27)/t18-/m1/s1. The Balaban J connectivity index is 1.64. The quantitative estimate of drug-likeness (QED) is 0.591. The van der Waals surface area contributed by atoms with Gasteiger partial charge in [0, 0.05) is 49.0 Å². The summed E-state index contributed by atoms with van der Waals surface area (Å²) in [4.78, 5) is 30.3. The second-order valence-electron chi connectivity index (χ2n) is 6.95. The molecule has 1 heterocycles. The molecule has 0 radical (unpaired) electrons. The van der Waals surface area contributed by atoms with Crippen LogP contribution < -0.4 is 15.5 Å². The first-order chi connectivity index (χ1) is 13.5. The zero-order chi connectivity index (χ0) is 20.1. The highest BCUT2D eigenvalue weighted by Crippen LogP contribution is 2.18. The Hall–Kier alpha value is -3.28. The summed E-state index contributed by atoms with van der Waals surface area (Å²) in [5.74, 6) is -0.439. The monoisotopic (exact) mass is 378 g/mol. The van der Waals surface area contributed by atoms with Crippen molar-refractivity contribution in [1.82, 2.24) is 15.6 Å². The number of hydrogen-bond donors (Lipinski definition) is 3. The molecule has 0 unspecified atom stereocenters. The molecule has 0 spiro atoms. The normalized spacial score (nSPS) is 11.8. The number of anilines is 1. The molecular formula is C22H26N4O2. The Morgan fingerprint density at radius 2 is 1.89 bits per heavy atom. The molecule has 2 amide bonds. The number of benzene rings is 2. The Morgan fingerprint density at radius 1 is 1.11 bits per heavy atom. The van der Waals surface area contributed by atoms with Gasteiger partial charge in [-0.05, 0) is 42.3 Å². The number of aromatic amines is 1. The van der Waals surface area contributed by atoms with Crippen molar-refractivity contribution in [3.63, 3.8) is 0 Å². The number of aromatic nitrogens is 1. The van der Waals surface area contributed by atoms with Gasteiger partial charge in [0.25, 0.3) is 5.91 Å². The van der Waals surface area contributed by atoms with Crippen molar-refractivity contribution in [2.45, 2.75) is 25.9 Å². The number of fused-ring (bicyclic) bond motifs is 1. The highest BCUT2D eigenvalue weighted by Gasteiger charge is 2.20. The molecule has 28 heavy (non-hydrogen) atoms. The molecule has 1 aromatic heterocycles. The Morgan fingerprint density at radius 3 is 2.64 bits per heavy atom. The summed E-state index contributed by atoms with van der Waals surface area (Å²) in [6, 6.07) is 14.7. The number of carbonyl (C=O) groups excluding carboxylic acids is 2. The van der Waals surface area contributed by atoms with E-state index >= 15 is 0 Å². The highest BCUT2D eigenvalue weighted by molar-refractivity contribution is 6.00. The van der Waals surface area contributed by atoms with Crippen LogP contribution in [0.15, 0.2) is 54.7 Å². The SMILES string of the molecule is CC[C@@H](NC(=O)c1ccc2[nH]ccc2c1)C(=O)NCc1ccccc1N(C)C. The molecule has 0 aliphatic rings. The summed E-state index contributed by atoms with van der Waals surface area (Å²) in [7, 11) is 3.94. The minimum absolute atomic E-state index is 0.188. The van der Waals surface area contributed by atoms with Gasteiger partial charge in [-0.15, -0.1) is 0 Å². The van der Waals surface area contributed by atoms with E-state index in [1.54, 1.807) is 6.07 Å². The molecule has 146 valence electrons. The minimum Gasteiger partial charge on any atom is -0.377 e. The van der Waals surface area contributed by atoms with Crippen molar-refractivity contribution in [2.24, 2.45) is 0 Å². The second-order valence-corrected chi connectivity index (χ2v) is 6.95. The lowest BCUT2D eigenvalue weighted by Crippen LogP contribution is -2.46. The molecule has 0 fully saturated rings. The third kappa shape index (κ3) is 4.34. The Bertz CT molecular complexity index is 977. The summed E-state index contributed by atoms with van der Waals surface area (Å²) in [6.07, 6.45) is 2.35. The van der Waals surface area contributed by atoms with Crippen LogP contribution in [0.5, 0.6) is 0 Å². The third-order valence-corrected chi connectivity index (χ3v) is 4.77. The van der Waals surface area contributed by atoms with Gasteiger partial charge in [0.2, 0.25) is 5.91 Å². The summed E-state index contributed by atoms with van der Waals surface area (Å²) >= 11 is 0. The molecule has 6 heteroatoms. The Kier molecular flexibility index (Phi) is 5.99. The van der Waals surface area contributed by atoms with E-state index in [2.05, 4.69) is 15.6 Å². The zero-order valence-corrected chi connectivity index (χ0v) is 16.5. The van der Waals surface area contributed by atoms with Gasteiger partial charge in [-0.1, -0.05) is 25.1 Å². The smallest absolute Gasteiger partial charge is 0.251 e. The molecule has 3 N–H and O–H groups in total. The van der Waals surface area contributed by atoms with Gasteiger partial charge < -0.3 is 20.5 Å². The number of carbonyl (C=O) groups is 2. The number of amides is 2. The largest absolute Gasteiger partial charge is 0.377 e. The van der Waals surface area contributed by atoms with Gasteiger partial charge in [0.15, 0.2) is 0 Å². The molecule has 0 aliphatic heterocycles. The number of nitrogens with one attached hydrogen (secondary N) is 3. The van der Waals surface area contributed by atoms with Gasteiger partial charge >= 0.3 is 0 Å². The van der Waals surface area contributed by atoms with Crippen LogP contribution >= 0.6 is 0 Å². The summed E-state index contributed by atoms with van der Waals surface area (Å²) < 4.78 is 0. The number of para-hydroxylation sites is 1. The van der Waals surface area contributed by atoms with Crippen LogP contribution in [-0.4, -0.2) is 36.9 Å². The lowest BCUT2D eigenvalue weighted by Gasteiger charge is -2.20. The predicted octanol–water partition coefficient (Wildman–Crippen LogP) is 3.06. The Labute approximate surface area is 164 Å². The molecule has 0 bridgehead atoms. The minimum atomic E-state index is -0.582. The molecule has 2 aromatic carbocycles. The number of rotatable bonds is 7. The van der Waals surface area contributed by atoms with E-state index in [4.69, 9.17) is 0 Å². The van der Waals surface area contributed by atoms with Crippen LogP contribution in [0.1, 0.15) is 29.3 Å². The van der Waals surface area contributed by atoms with Gasteiger partial charge in [0.05, 0.1) is 0 Å². The first-order valence-corrected chi connectivity index (χ1v) is 9.40. The van der Waals surface area contributed by atoms with Crippen molar-refractivity contribution in [3.8, 4) is 0 Å². The molecule has 3 aromatic rings. The van der Waals surface area contributed by atoms with Crippen molar-refractivity contribution in [2.75, 3.05) is 19.0 Å². The van der Waals surface area contributed by atoms with E-state index in [-0.39, 0.29) is 11.8 Å². The zero-order valence-electron chi connectivity index (χ0n) is 16.5. The number of H-pyrrole nitrogens is 1. The van der Waals surface area contributed by atoms with Crippen LogP contribution in [0.2, 0.25) is 0 Å². The lowest BCUT2D eigenvalue weighted by molar-refractivity contribution is -0.123. The van der Waals surface area contributed by atoms with Crippen LogP contribution in [0.25, 0.3) is 10.9 Å². The van der Waals surface area contributed by atoms with Crippen LogP contribution in [0.4, 0.5) is 5.69 Å². The van der Waals surface area contributed by atoms with Crippen LogP contribution in [0.3, 0.4) is 0 Å². The highest BCUT2D eigenvalue weighted by atomic mass is 16.2. The van der Waals surface area contributed by atoms with E-state index in [1.807, 2.05) is 74.6 Å². The van der Waals surface area contributed by atoms with E-state index in [1.165, 1.54) is 0 Å². The van der Waals surface area contributed by atoms with Crippen LogP contribution in [0, 0.1) is 0 Å². The van der Waals surface area contributed by atoms with E-state index in [0.717, 1.165) is 22.2 Å². The summed E-state index contributed by atoms with van der Waals surface area (Å²) in [5, 5.41) is 6.75. The average Bonchev–Trinajstić information content (AvgIpc) is 3.18. The van der Waals surface area contributed by atoms with Crippen molar-refractivity contribution < 1.29 is 9.59 Å². The fourth-order valence-corrected chi connectivity index (χ4v) is 3.19. The van der Waals surface area contributed by atoms with Gasteiger partial charge in [-0.25, -0.2) is 0 Å². The molecule has 3 rings (SSSR count). The van der Waals surface area contributed by atoms with Crippen molar-refractivity contribution in [3.05, 3.63) is 65.9 Å². The van der Waals surface area contributed by atoms with Gasteiger partial charge in [-0.3, -0.25) is 9.59 Å². The average molecular weight is 378 g/mol. The summed E-state index contributed by atoms with van der Waals surface area (Å²) in [6.45, 7) is 2.29. The first kappa shape index (κ1) is 19.5. The maximum atomic E-state index is 12.6.